The van der Waals surface area contributed by atoms with E-state index < -0.39 is 11.6 Å². The van der Waals surface area contributed by atoms with Crippen LogP contribution in [0.4, 0.5) is 8.78 Å². The van der Waals surface area contributed by atoms with Crippen LogP contribution in [-0.4, -0.2) is 33.9 Å². The molecule has 1 amide bonds. The highest BCUT2D eigenvalue weighted by atomic mass is 19.2. The van der Waals surface area contributed by atoms with Gasteiger partial charge < -0.3 is 4.90 Å². The van der Waals surface area contributed by atoms with Gasteiger partial charge in [-0.05, 0) is 55.7 Å². The molecule has 0 saturated carbocycles. The van der Waals surface area contributed by atoms with Crippen LogP contribution >= 0.6 is 0 Å². The molecule has 1 saturated heterocycles. The molecule has 1 atom stereocenters. The molecule has 0 aliphatic carbocycles. The lowest BCUT2D eigenvalue weighted by molar-refractivity contribution is -0.133. The summed E-state index contributed by atoms with van der Waals surface area (Å²) in [6.07, 6.45) is 9.60. The molecule has 26 heavy (non-hydrogen) atoms. The van der Waals surface area contributed by atoms with E-state index in [1.165, 1.54) is 12.1 Å². The van der Waals surface area contributed by atoms with E-state index in [4.69, 9.17) is 0 Å². The van der Waals surface area contributed by atoms with Crippen molar-refractivity contribution in [2.24, 2.45) is 5.92 Å². The number of carbonyl (C=O) groups excluding carboxylic acids is 1. The average molecular weight is 359 g/mol. The van der Waals surface area contributed by atoms with Crippen LogP contribution in [0.5, 0.6) is 0 Å². The molecule has 4 nitrogen and oxygen atoms in total. The van der Waals surface area contributed by atoms with E-state index in [0.717, 1.165) is 43.6 Å². The minimum absolute atomic E-state index is 0.146. The van der Waals surface area contributed by atoms with Crippen molar-refractivity contribution in [1.29, 1.82) is 0 Å². The fourth-order valence-electron chi connectivity index (χ4n) is 3.45. The quantitative estimate of drug-likeness (QED) is 0.792. The number of halogens is 2. The number of benzene rings is 1. The van der Waals surface area contributed by atoms with Gasteiger partial charge in [0, 0.05) is 38.1 Å². The molecule has 1 aromatic heterocycles. The van der Waals surface area contributed by atoms with Gasteiger partial charge in [-0.3, -0.25) is 14.8 Å². The first-order valence-corrected chi connectivity index (χ1v) is 9.08. The van der Waals surface area contributed by atoms with E-state index in [1.807, 2.05) is 4.90 Å². The van der Waals surface area contributed by atoms with Gasteiger partial charge >= 0.3 is 0 Å². The maximum Gasteiger partial charge on any atom is 0.222 e. The van der Waals surface area contributed by atoms with E-state index in [0.29, 0.717) is 25.2 Å². The summed E-state index contributed by atoms with van der Waals surface area (Å²) in [6, 6.07) is 4.07. The second-order valence-corrected chi connectivity index (χ2v) is 6.83. The third-order valence-corrected chi connectivity index (χ3v) is 4.91. The second kappa shape index (κ2) is 8.83. The summed E-state index contributed by atoms with van der Waals surface area (Å²) >= 11 is 0. The summed E-state index contributed by atoms with van der Waals surface area (Å²) in [5.41, 5.74) is 1.63. The number of piperidine rings is 1. The zero-order chi connectivity index (χ0) is 18.4. The first-order chi connectivity index (χ1) is 12.6. The summed E-state index contributed by atoms with van der Waals surface area (Å²) in [5.74, 6) is -1.07. The first-order valence-electron chi connectivity index (χ1n) is 9.08. The standard InChI is InChI=1S/C20H23F2N3O/c21-18-7-5-15(12-19(18)22)3-4-16-2-1-11-25(14-16)20(26)8-6-17-13-23-9-10-24-17/h5,7,9-10,12-13,16H,1-4,6,8,11,14H2/t16-/m0/s1. The number of amides is 1. The molecular weight excluding hydrogens is 336 g/mol. The van der Waals surface area contributed by atoms with Crippen molar-refractivity contribution in [2.75, 3.05) is 13.1 Å². The molecule has 3 rings (SSSR count). The highest BCUT2D eigenvalue weighted by Gasteiger charge is 2.23. The van der Waals surface area contributed by atoms with Gasteiger partial charge in [0.1, 0.15) is 0 Å². The fourth-order valence-corrected chi connectivity index (χ4v) is 3.45. The normalized spacial score (nSPS) is 17.3. The smallest absolute Gasteiger partial charge is 0.222 e. The van der Waals surface area contributed by atoms with Crippen LogP contribution in [0.3, 0.4) is 0 Å². The van der Waals surface area contributed by atoms with Gasteiger partial charge in [-0.2, -0.15) is 0 Å². The molecule has 1 fully saturated rings. The van der Waals surface area contributed by atoms with Crippen LogP contribution in [0.25, 0.3) is 0 Å². The Morgan fingerprint density at radius 2 is 2.08 bits per heavy atom. The molecule has 0 radical (unpaired) electrons. The summed E-state index contributed by atoms with van der Waals surface area (Å²) in [7, 11) is 0. The topological polar surface area (TPSA) is 46.1 Å². The van der Waals surface area contributed by atoms with Crippen molar-refractivity contribution in [1.82, 2.24) is 14.9 Å². The second-order valence-electron chi connectivity index (χ2n) is 6.83. The number of aryl methyl sites for hydroxylation is 2. The van der Waals surface area contributed by atoms with Crippen molar-refractivity contribution in [3.8, 4) is 0 Å². The minimum atomic E-state index is -0.814. The number of likely N-dealkylation sites (tertiary alicyclic amines) is 1. The molecule has 2 heterocycles. The maximum absolute atomic E-state index is 13.3. The van der Waals surface area contributed by atoms with Crippen molar-refractivity contribution in [2.45, 2.75) is 38.5 Å². The van der Waals surface area contributed by atoms with E-state index >= 15 is 0 Å². The van der Waals surface area contributed by atoms with Crippen molar-refractivity contribution < 1.29 is 13.6 Å². The largest absolute Gasteiger partial charge is 0.342 e. The number of hydrogen-bond acceptors (Lipinski definition) is 3. The molecule has 138 valence electrons. The Bertz CT molecular complexity index is 739. The van der Waals surface area contributed by atoms with Crippen LogP contribution in [0.1, 0.15) is 36.9 Å². The Morgan fingerprint density at radius 3 is 2.85 bits per heavy atom. The lowest BCUT2D eigenvalue weighted by Gasteiger charge is -2.33. The van der Waals surface area contributed by atoms with E-state index in [1.54, 1.807) is 24.7 Å². The Balaban J connectivity index is 1.47. The molecule has 1 aliphatic heterocycles. The Kier molecular flexibility index (Phi) is 6.26. The molecular formula is C20H23F2N3O. The zero-order valence-corrected chi connectivity index (χ0v) is 14.7. The van der Waals surface area contributed by atoms with Gasteiger partial charge in [0.25, 0.3) is 0 Å². The molecule has 0 unspecified atom stereocenters. The third-order valence-electron chi connectivity index (χ3n) is 4.91. The van der Waals surface area contributed by atoms with Crippen LogP contribution < -0.4 is 0 Å². The molecule has 1 aliphatic rings. The molecule has 2 aromatic rings. The van der Waals surface area contributed by atoms with Crippen LogP contribution in [0, 0.1) is 17.6 Å². The molecule has 0 bridgehead atoms. The minimum Gasteiger partial charge on any atom is -0.342 e. The fraction of sp³-hybridized carbons (Fsp3) is 0.450. The predicted octanol–water partition coefficient (Wildman–Crippen LogP) is 3.56. The highest BCUT2D eigenvalue weighted by molar-refractivity contribution is 5.76. The molecule has 6 heteroatoms. The van der Waals surface area contributed by atoms with Crippen molar-refractivity contribution in [3.63, 3.8) is 0 Å². The summed E-state index contributed by atoms with van der Waals surface area (Å²) in [4.78, 5) is 22.6. The third kappa shape index (κ3) is 5.07. The van der Waals surface area contributed by atoms with Gasteiger partial charge in [0.2, 0.25) is 5.91 Å². The predicted molar refractivity (Wildman–Crippen MR) is 94.3 cm³/mol. The number of rotatable bonds is 6. The van der Waals surface area contributed by atoms with Gasteiger partial charge in [0.15, 0.2) is 11.6 Å². The SMILES string of the molecule is O=C(CCc1cnccn1)N1CCC[C@@H](CCc2ccc(F)c(F)c2)C1. The van der Waals surface area contributed by atoms with E-state index in [-0.39, 0.29) is 5.91 Å². The van der Waals surface area contributed by atoms with Gasteiger partial charge in [-0.25, -0.2) is 8.78 Å². The van der Waals surface area contributed by atoms with Crippen LogP contribution in [-0.2, 0) is 17.6 Å². The molecule has 1 aromatic carbocycles. The van der Waals surface area contributed by atoms with E-state index in [2.05, 4.69) is 9.97 Å². The van der Waals surface area contributed by atoms with Crippen molar-refractivity contribution >= 4 is 5.91 Å². The zero-order valence-electron chi connectivity index (χ0n) is 14.7. The van der Waals surface area contributed by atoms with E-state index in [9.17, 15) is 13.6 Å². The van der Waals surface area contributed by atoms with Crippen LogP contribution in [0.15, 0.2) is 36.8 Å². The highest BCUT2D eigenvalue weighted by Crippen LogP contribution is 2.23. The molecule has 0 N–H and O–H groups in total. The average Bonchev–Trinajstić information content (AvgIpc) is 2.68. The van der Waals surface area contributed by atoms with Gasteiger partial charge in [0.05, 0.1) is 5.69 Å². The first kappa shape index (κ1) is 18.4. The lowest BCUT2D eigenvalue weighted by Crippen LogP contribution is -2.40. The summed E-state index contributed by atoms with van der Waals surface area (Å²) in [6.45, 7) is 1.53. The van der Waals surface area contributed by atoms with Gasteiger partial charge in [-0.15, -0.1) is 0 Å². The van der Waals surface area contributed by atoms with Gasteiger partial charge in [-0.1, -0.05) is 6.07 Å². The number of nitrogens with zero attached hydrogens (tertiary/aromatic N) is 3. The molecule has 0 spiro atoms. The Morgan fingerprint density at radius 1 is 1.19 bits per heavy atom. The summed E-state index contributed by atoms with van der Waals surface area (Å²) < 4.78 is 26.3. The lowest BCUT2D eigenvalue weighted by atomic mass is 9.91. The Hall–Kier alpha value is -2.37. The summed E-state index contributed by atoms with van der Waals surface area (Å²) in [5, 5.41) is 0. The van der Waals surface area contributed by atoms with Crippen molar-refractivity contribution in [3.05, 3.63) is 59.7 Å². The Labute approximate surface area is 152 Å². The monoisotopic (exact) mass is 359 g/mol. The maximum atomic E-state index is 13.3. The number of carbonyl (C=O) groups is 1. The number of aromatic nitrogens is 2. The number of hydrogen-bond donors (Lipinski definition) is 0. The van der Waals surface area contributed by atoms with Crippen LogP contribution in [0.2, 0.25) is 0 Å².